The summed E-state index contributed by atoms with van der Waals surface area (Å²) >= 11 is 0. The van der Waals surface area contributed by atoms with Crippen LogP contribution in [-0.4, -0.2) is 11.1 Å². The summed E-state index contributed by atoms with van der Waals surface area (Å²) < 4.78 is 5.79. The fourth-order valence-corrected chi connectivity index (χ4v) is 2.73. The predicted octanol–water partition coefficient (Wildman–Crippen LogP) is 5.58. The zero-order chi connectivity index (χ0) is 18.2. The van der Waals surface area contributed by atoms with Crippen molar-refractivity contribution in [2.75, 3.05) is 0 Å². The SMILES string of the molecule is O=C(O)/C=C(\CCc1ccc(Oc2ccccc2)cc1)c1ccccc1. The number of para-hydroxylation sites is 1. The molecule has 3 aromatic carbocycles. The summed E-state index contributed by atoms with van der Waals surface area (Å²) in [6.07, 6.45) is 2.72. The first kappa shape index (κ1) is 17.5. The average Bonchev–Trinajstić information content (AvgIpc) is 2.67. The van der Waals surface area contributed by atoms with E-state index in [2.05, 4.69) is 0 Å². The van der Waals surface area contributed by atoms with Gasteiger partial charge in [-0.15, -0.1) is 0 Å². The molecule has 0 saturated carbocycles. The van der Waals surface area contributed by atoms with E-state index >= 15 is 0 Å². The topological polar surface area (TPSA) is 46.5 Å². The summed E-state index contributed by atoms with van der Waals surface area (Å²) in [5.74, 6) is 0.663. The first-order valence-electron chi connectivity index (χ1n) is 8.51. The molecule has 0 amide bonds. The second kappa shape index (κ2) is 8.67. The first-order valence-corrected chi connectivity index (χ1v) is 8.51. The standard InChI is InChI=1S/C23H20O3/c24-23(25)17-20(19-7-3-1-4-8-19)14-11-18-12-15-22(16-13-18)26-21-9-5-2-6-10-21/h1-10,12-13,15-17H,11,14H2,(H,24,25)/b20-17+. The van der Waals surface area contributed by atoms with Crippen molar-refractivity contribution in [2.45, 2.75) is 12.8 Å². The lowest BCUT2D eigenvalue weighted by Crippen LogP contribution is -1.95. The van der Waals surface area contributed by atoms with Crippen LogP contribution in [0, 0.1) is 0 Å². The van der Waals surface area contributed by atoms with Crippen molar-refractivity contribution in [2.24, 2.45) is 0 Å². The number of carboxylic acid groups (broad SMARTS) is 1. The van der Waals surface area contributed by atoms with Gasteiger partial charge in [0.2, 0.25) is 0 Å². The average molecular weight is 344 g/mol. The number of aliphatic carboxylic acids is 1. The van der Waals surface area contributed by atoms with Gasteiger partial charge in [-0.05, 0) is 53.8 Å². The number of benzene rings is 3. The molecule has 0 saturated heterocycles. The number of ether oxygens (including phenoxy) is 1. The number of rotatable bonds is 7. The molecule has 0 radical (unpaired) electrons. The first-order chi connectivity index (χ1) is 12.7. The van der Waals surface area contributed by atoms with Crippen molar-refractivity contribution in [1.82, 2.24) is 0 Å². The molecular weight excluding hydrogens is 324 g/mol. The van der Waals surface area contributed by atoms with E-state index < -0.39 is 5.97 Å². The third kappa shape index (κ3) is 5.08. The number of aryl methyl sites for hydroxylation is 1. The Balaban J connectivity index is 1.65. The third-order valence-electron chi connectivity index (χ3n) is 4.03. The van der Waals surface area contributed by atoms with Gasteiger partial charge >= 0.3 is 5.97 Å². The van der Waals surface area contributed by atoms with Crippen molar-refractivity contribution in [1.29, 1.82) is 0 Å². The van der Waals surface area contributed by atoms with Gasteiger partial charge in [-0.2, -0.15) is 0 Å². The predicted molar refractivity (Wildman–Crippen MR) is 103 cm³/mol. The van der Waals surface area contributed by atoms with E-state index in [9.17, 15) is 4.79 Å². The van der Waals surface area contributed by atoms with Crippen LogP contribution in [-0.2, 0) is 11.2 Å². The maximum Gasteiger partial charge on any atom is 0.328 e. The Hall–Kier alpha value is -3.33. The Morgan fingerprint density at radius 3 is 2.00 bits per heavy atom. The zero-order valence-electron chi connectivity index (χ0n) is 14.3. The molecule has 0 fully saturated rings. The Morgan fingerprint density at radius 2 is 1.38 bits per heavy atom. The van der Waals surface area contributed by atoms with E-state index in [0.717, 1.165) is 34.6 Å². The summed E-state index contributed by atoms with van der Waals surface area (Å²) in [5.41, 5.74) is 2.90. The van der Waals surface area contributed by atoms with E-state index in [1.165, 1.54) is 6.08 Å². The van der Waals surface area contributed by atoms with Crippen molar-refractivity contribution in [3.8, 4) is 11.5 Å². The highest BCUT2D eigenvalue weighted by atomic mass is 16.5. The number of carbonyl (C=O) groups is 1. The van der Waals surface area contributed by atoms with E-state index in [1.54, 1.807) is 0 Å². The Bertz CT molecular complexity index is 866. The van der Waals surface area contributed by atoms with Gasteiger partial charge in [-0.25, -0.2) is 4.79 Å². The number of hydrogen-bond acceptors (Lipinski definition) is 2. The maximum absolute atomic E-state index is 11.1. The van der Waals surface area contributed by atoms with Gasteiger partial charge in [0.25, 0.3) is 0 Å². The van der Waals surface area contributed by atoms with Gasteiger partial charge in [0.1, 0.15) is 11.5 Å². The molecule has 3 nitrogen and oxygen atoms in total. The normalized spacial score (nSPS) is 11.2. The highest BCUT2D eigenvalue weighted by molar-refractivity contribution is 5.90. The molecule has 130 valence electrons. The van der Waals surface area contributed by atoms with Crippen LogP contribution in [0.2, 0.25) is 0 Å². The minimum absolute atomic E-state index is 0.662. The van der Waals surface area contributed by atoms with Crippen LogP contribution in [0.1, 0.15) is 17.5 Å². The molecule has 0 heterocycles. The maximum atomic E-state index is 11.1. The number of carboxylic acids is 1. The van der Waals surface area contributed by atoms with Gasteiger partial charge in [0, 0.05) is 6.08 Å². The fraction of sp³-hybridized carbons (Fsp3) is 0.0870. The van der Waals surface area contributed by atoms with Crippen molar-refractivity contribution < 1.29 is 14.6 Å². The van der Waals surface area contributed by atoms with Crippen molar-refractivity contribution >= 4 is 11.5 Å². The van der Waals surface area contributed by atoms with Crippen LogP contribution in [0.3, 0.4) is 0 Å². The smallest absolute Gasteiger partial charge is 0.328 e. The molecule has 3 rings (SSSR count). The minimum atomic E-state index is -0.921. The largest absolute Gasteiger partial charge is 0.478 e. The summed E-state index contributed by atoms with van der Waals surface area (Å²) in [4.78, 5) is 11.1. The van der Waals surface area contributed by atoms with Crippen LogP contribution in [0.4, 0.5) is 0 Å². The molecule has 26 heavy (non-hydrogen) atoms. The van der Waals surface area contributed by atoms with Crippen LogP contribution >= 0.6 is 0 Å². The molecule has 0 bridgehead atoms. The fourth-order valence-electron chi connectivity index (χ4n) is 2.73. The van der Waals surface area contributed by atoms with Crippen LogP contribution in [0.5, 0.6) is 11.5 Å². The molecule has 0 aromatic heterocycles. The zero-order valence-corrected chi connectivity index (χ0v) is 14.3. The summed E-state index contributed by atoms with van der Waals surface area (Å²) in [5, 5.41) is 9.13. The minimum Gasteiger partial charge on any atom is -0.478 e. The highest BCUT2D eigenvalue weighted by Gasteiger charge is 2.05. The van der Waals surface area contributed by atoms with Gasteiger partial charge in [-0.3, -0.25) is 0 Å². The highest BCUT2D eigenvalue weighted by Crippen LogP contribution is 2.24. The lowest BCUT2D eigenvalue weighted by Gasteiger charge is -2.09. The Morgan fingerprint density at radius 1 is 0.808 bits per heavy atom. The number of hydrogen-bond donors (Lipinski definition) is 1. The van der Waals surface area contributed by atoms with Crippen molar-refractivity contribution in [3.05, 3.63) is 102 Å². The molecule has 0 aliphatic heterocycles. The number of allylic oxidation sites excluding steroid dienone is 1. The lowest BCUT2D eigenvalue weighted by molar-refractivity contribution is -0.131. The molecule has 0 atom stereocenters. The van der Waals surface area contributed by atoms with Gasteiger partial charge in [0.05, 0.1) is 0 Å². The molecular formula is C23H20O3. The van der Waals surface area contributed by atoms with E-state index in [4.69, 9.17) is 9.84 Å². The van der Waals surface area contributed by atoms with Crippen LogP contribution in [0.15, 0.2) is 91.0 Å². The van der Waals surface area contributed by atoms with E-state index in [-0.39, 0.29) is 0 Å². The summed E-state index contributed by atoms with van der Waals surface area (Å²) in [6, 6.07) is 27.2. The molecule has 3 heteroatoms. The van der Waals surface area contributed by atoms with Gasteiger partial charge < -0.3 is 9.84 Å². The van der Waals surface area contributed by atoms with Gasteiger partial charge in [0.15, 0.2) is 0 Å². The second-order valence-corrected chi connectivity index (χ2v) is 5.93. The summed E-state index contributed by atoms with van der Waals surface area (Å²) in [6.45, 7) is 0. The summed E-state index contributed by atoms with van der Waals surface area (Å²) in [7, 11) is 0. The Kier molecular flexibility index (Phi) is 5.84. The third-order valence-corrected chi connectivity index (χ3v) is 4.03. The monoisotopic (exact) mass is 344 g/mol. The van der Waals surface area contributed by atoms with Crippen LogP contribution in [0.25, 0.3) is 5.57 Å². The quantitative estimate of drug-likeness (QED) is 0.569. The van der Waals surface area contributed by atoms with E-state index in [0.29, 0.717) is 6.42 Å². The molecule has 1 N–H and O–H groups in total. The molecule has 0 aliphatic carbocycles. The molecule has 0 unspecified atom stereocenters. The molecule has 0 aliphatic rings. The molecule has 3 aromatic rings. The van der Waals surface area contributed by atoms with E-state index in [1.807, 2.05) is 84.9 Å². The van der Waals surface area contributed by atoms with Crippen molar-refractivity contribution in [3.63, 3.8) is 0 Å². The Labute approximate surface area is 153 Å². The van der Waals surface area contributed by atoms with Gasteiger partial charge in [-0.1, -0.05) is 60.7 Å². The molecule has 0 spiro atoms. The second-order valence-electron chi connectivity index (χ2n) is 5.93. The lowest BCUT2D eigenvalue weighted by atomic mass is 9.98. The van der Waals surface area contributed by atoms with Crippen LogP contribution < -0.4 is 4.74 Å².